The van der Waals surface area contributed by atoms with E-state index in [-0.39, 0.29) is 22.5 Å². The molecule has 0 aliphatic rings. The maximum Gasteiger partial charge on any atom is 0.332 e. The average Bonchev–Trinajstić information content (AvgIpc) is 3.08. The molecule has 0 saturated heterocycles. The molecule has 1 aromatic carbocycles. The fraction of sp³-hybridized carbons (Fsp3) is 0.400. The van der Waals surface area contributed by atoms with E-state index in [1.807, 2.05) is 24.3 Å². The number of benzene rings is 1. The van der Waals surface area contributed by atoms with E-state index < -0.39 is 17.3 Å². The van der Waals surface area contributed by atoms with E-state index in [1.165, 1.54) is 28.1 Å². The van der Waals surface area contributed by atoms with Crippen LogP contribution in [-0.2, 0) is 24.3 Å². The molecule has 8 heteroatoms. The highest BCUT2D eigenvalue weighted by Gasteiger charge is 2.22. The number of aromatic nitrogens is 4. The SMILES string of the molecule is CC(C(=O)Nc1ccc(C(C)(C)C)cc1)n1cnc2c1c(=O)n(C)c(=O)n2C. The van der Waals surface area contributed by atoms with Crippen LogP contribution in [0.3, 0.4) is 0 Å². The van der Waals surface area contributed by atoms with Crippen molar-refractivity contribution >= 4 is 22.8 Å². The molecule has 0 aliphatic carbocycles. The van der Waals surface area contributed by atoms with Gasteiger partial charge in [0.1, 0.15) is 6.04 Å². The fourth-order valence-electron chi connectivity index (χ4n) is 3.08. The first-order chi connectivity index (χ1) is 13.0. The Morgan fingerprint density at radius 3 is 2.25 bits per heavy atom. The van der Waals surface area contributed by atoms with Gasteiger partial charge < -0.3 is 9.88 Å². The van der Waals surface area contributed by atoms with Crippen LogP contribution >= 0.6 is 0 Å². The lowest BCUT2D eigenvalue weighted by Crippen LogP contribution is -2.38. The van der Waals surface area contributed by atoms with Crippen LogP contribution in [0.15, 0.2) is 40.2 Å². The molecule has 0 fully saturated rings. The standard InChI is InChI=1S/C20H25N5O3/c1-12(17(26)22-14-9-7-13(8-10-14)20(2,3)4)25-11-21-16-15(25)18(27)24(6)19(28)23(16)5/h7-12H,1-6H3,(H,22,26). The zero-order valence-electron chi connectivity index (χ0n) is 17.0. The summed E-state index contributed by atoms with van der Waals surface area (Å²) >= 11 is 0. The van der Waals surface area contributed by atoms with Gasteiger partial charge in [-0.15, -0.1) is 0 Å². The zero-order chi connectivity index (χ0) is 20.8. The number of carbonyl (C=O) groups excluding carboxylic acids is 1. The highest BCUT2D eigenvalue weighted by molar-refractivity contribution is 5.94. The second-order valence-electron chi connectivity index (χ2n) is 8.02. The van der Waals surface area contributed by atoms with Gasteiger partial charge in [-0.25, -0.2) is 9.78 Å². The Kier molecular flexibility index (Phi) is 4.74. The summed E-state index contributed by atoms with van der Waals surface area (Å²) in [5, 5.41) is 2.87. The summed E-state index contributed by atoms with van der Waals surface area (Å²) in [5.41, 5.74) is 1.40. The predicted molar refractivity (Wildman–Crippen MR) is 109 cm³/mol. The van der Waals surface area contributed by atoms with E-state index in [0.717, 1.165) is 4.57 Å². The topological polar surface area (TPSA) is 90.9 Å². The first kappa shape index (κ1) is 19.6. The number of nitrogens with one attached hydrogen (secondary N) is 1. The fourth-order valence-corrected chi connectivity index (χ4v) is 3.08. The highest BCUT2D eigenvalue weighted by Crippen LogP contribution is 2.24. The van der Waals surface area contributed by atoms with Gasteiger partial charge in [-0.2, -0.15) is 0 Å². The van der Waals surface area contributed by atoms with Crippen molar-refractivity contribution in [2.45, 2.75) is 39.2 Å². The summed E-state index contributed by atoms with van der Waals surface area (Å²) in [6, 6.07) is 7.01. The Balaban J connectivity index is 1.92. The molecule has 0 spiro atoms. The molecule has 1 atom stereocenters. The van der Waals surface area contributed by atoms with Gasteiger partial charge in [0.2, 0.25) is 5.91 Å². The van der Waals surface area contributed by atoms with Crippen molar-refractivity contribution in [1.82, 2.24) is 18.7 Å². The van der Waals surface area contributed by atoms with Gasteiger partial charge in [-0.3, -0.25) is 18.7 Å². The third-order valence-electron chi connectivity index (χ3n) is 4.99. The van der Waals surface area contributed by atoms with Crippen LogP contribution in [-0.4, -0.2) is 24.6 Å². The van der Waals surface area contributed by atoms with E-state index >= 15 is 0 Å². The Bertz CT molecular complexity index is 1160. The van der Waals surface area contributed by atoms with Gasteiger partial charge in [0.25, 0.3) is 5.56 Å². The van der Waals surface area contributed by atoms with Gasteiger partial charge in [-0.05, 0) is 30.0 Å². The lowest BCUT2D eigenvalue weighted by atomic mass is 9.87. The zero-order valence-corrected chi connectivity index (χ0v) is 17.0. The summed E-state index contributed by atoms with van der Waals surface area (Å²) in [5.74, 6) is -0.279. The number of hydrogen-bond acceptors (Lipinski definition) is 4. The molecule has 8 nitrogen and oxygen atoms in total. The largest absolute Gasteiger partial charge is 0.332 e. The average molecular weight is 383 g/mol. The van der Waals surface area contributed by atoms with Gasteiger partial charge in [-0.1, -0.05) is 32.9 Å². The van der Waals surface area contributed by atoms with Crippen molar-refractivity contribution in [3.8, 4) is 0 Å². The van der Waals surface area contributed by atoms with Crippen LogP contribution in [0.1, 0.15) is 39.3 Å². The number of amides is 1. The monoisotopic (exact) mass is 383 g/mol. The van der Waals surface area contributed by atoms with Crippen LogP contribution in [0, 0.1) is 0 Å². The van der Waals surface area contributed by atoms with Gasteiger partial charge in [0.05, 0.1) is 6.33 Å². The lowest BCUT2D eigenvalue weighted by Gasteiger charge is -2.19. The molecular weight excluding hydrogens is 358 g/mol. The Morgan fingerprint density at radius 2 is 1.68 bits per heavy atom. The van der Waals surface area contributed by atoms with E-state index in [2.05, 4.69) is 31.1 Å². The summed E-state index contributed by atoms with van der Waals surface area (Å²) in [4.78, 5) is 41.5. The second kappa shape index (κ2) is 6.78. The summed E-state index contributed by atoms with van der Waals surface area (Å²) in [7, 11) is 2.95. The first-order valence-electron chi connectivity index (χ1n) is 9.06. The minimum Gasteiger partial charge on any atom is -0.324 e. The quantitative estimate of drug-likeness (QED) is 0.748. The molecule has 1 unspecified atom stereocenters. The van der Waals surface area contributed by atoms with Crippen LogP contribution in [0.5, 0.6) is 0 Å². The molecule has 0 bridgehead atoms. The number of nitrogens with zero attached hydrogens (tertiary/aromatic N) is 4. The third kappa shape index (κ3) is 3.26. The van der Waals surface area contributed by atoms with Crippen molar-refractivity contribution in [2.24, 2.45) is 14.1 Å². The lowest BCUT2D eigenvalue weighted by molar-refractivity contribution is -0.118. The van der Waals surface area contributed by atoms with E-state index in [0.29, 0.717) is 5.69 Å². The molecule has 2 heterocycles. The molecule has 0 saturated carbocycles. The molecule has 3 aromatic rings. The number of rotatable bonds is 3. The smallest absolute Gasteiger partial charge is 0.324 e. The van der Waals surface area contributed by atoms with E-state index in [4.69, 9.17) is 0 Å². The maximum absolute atomic E-state index is 12.7. The molecule has 28 heavy (non-hydrogen) atoms. The van der Waals surface area contributed by atoms with E-state index in [9.17, 15) is 14.4 Å². The minimum atomic E-state index is -0.683. The van der Waals surface area contributed by atoms with Gasteiger partial charge in [0, 0.05) is 19.8 Å². The maximum atomic E-state index is 12.7. The van der Waals surface area contributed by atoms with Gasteiger partial charge in [0.15, 0.2) is 11.2 Å². The molecule has 0 aliphatic heterocycles. The first-order valence-corrected chi connectivity index (χ1v) is 9.06. The molecule has 1 N–H and O–H groups in total. The van der Waals surface area contributed by atoms with Crippen LogP contribution < -0.4 is 16.6 Å². The molecule has 3 rings (SSSR count). The Morgan fingerprint density at radius 1 is 1.07 bits per heavy atom. The molecule has 2 aromatic heterocycles. The molecule has 1 amide bonds. The Hall–Kier alpha value is -3.16. The van der Waals surface area contributed by atoms with Gasteiger partial charge >= 0.3 is 5.69 Å². The highest BCUT2D eigenvalue weighted by atomic mass is 16.2. The van der Waals surface area contributed by atoms with Crippen molar-refractivity contribution in [2.75, 3.05) is 5.32 Å². The number of hydrogen-bond donors (Lipinski definition) is 1. The molecule has 148 valence electrons. The number of fused-ring (bicyclic) bond motifs is 1. The molecular formula is C20H25N5O3. The van der Waals surface area contributed by atoms with Crippen LogP contribution in [0.25, 0.3) is 11.2 Å². The Labute approximate surface area is 162 Å². The summed E-state index contributed by atoms with van der Waals surface area (Å²) in [6.45, 7) is 8.06. The van der Waals surface area contributed by atoms with Crippen LogP contribution in [0.4, 0.5) is 5.69 Å². The van der Waals surface area contributed by atoms with Crippen molar-refractivity contribution in [3.63, 3.8) is 0 Å². The van der Waals surface area contributed by atoms with Crippen LogP contribution in [0.2, 0.25) is 0 Å². The molecule has 0 radical (unpaired) electrons. The number of imidazole rings is 1. The number of aryl methyl sites for hydroxylation is 1. The minimum absolute atomic E-state index is 0.0293. The van der Waals surface area contributed by atoms with Crippen molar-refractivity contribution < 1.29 is 4.79 Å². The normalized spacial score (nSPS) is 12.9. The second-order valence-corrected chi connectivity index (χ2v) is 8.02. The number of carbonyl (C=O) groups is 1. The predicted octanol–water partition coefficient (Wildman–Crippen LogP) is 1.93. The van der Waals surface area contributed by atoms with Crippen molar-refractivity contribution in [1.29, 1.82) is 0 Å². The van der Waals surface area contributed by atoms with Crippen molar-refractivity contribution in [3.05, 3.63) is 57.0 Å². The third-order valence-corrected chi connectivity index (χ3v) is 4.99. The summed E-state index contributed by atoms with van der Waals surface area (Å²) < 4.78 is 3.80. The van der Waals surface area contributed by atoms with E-state index in [1.54, 1.807) is 14.0 Å². The summed E-state index contributed by atoms with van der Waals surface area (Å²) in [6.07, 6.45) is 1.42. The number of anilines is 1.